The van der Waals surface area contributed by atoms with Crippen molar-refractivity contribution in [3.63, 3.8) is 0 Å². The molecule has 0 bridgehead atoms. The molecule has 0 saturated carbocycles. The van der Waals surface area contributed by atoms with Gasteiger partial charge in [-0.25, -0.2) is 0 Å². The molecule has 1 atom stereocenters. The van der Waals surface area contributed by atoms with Gasteiger partial charge in [0.25, 0.3) is 0 Å². The van der Waals surface area contributed by atoms with Crippen LogP contribution in [0.1, 0.15) is 19.8 Å². The Labute approximate surface area is 65.7 Å². The summed E-state index contributed by atoms with van der Waals surface area (Å²) in [6.45, 7) is 2.40. The molecular weight excluding hydrogens is 144 g/mol. The average Bonchev–Trinajstić information content (AvgIpc) is 2.05. The molecule has 0 aromatic rings. The van der Waals surface area contributed by atoms with Crippen molar-refractivity contribution in [2.24, 2.45) is 5.92 Å². The number of rotatable bonds is 2. The number of carboxylic acids is 1. The van der Waals surface area contributed by atoms with Gasteiger partial charge in [0, 0.05) is 0 Å². The summed E-state index contributed by atoms with van der Waals surface area (Å²) >= 11 is 0. The van der Waals surface area contributed by atoms with Crippen LogP contribution >= 0.6 is 0 Å². The highest BCUT2D eigenvalue weighted by atomic mass is 16.5. The number of ether oxygens (including phenoxy) is 1. The first-order chi connectivity index (χ1) is 5.22. The molecule has 11 heavy (non-hydrogen) atoms. The fourth-order valence-electron chi connectivity index (χ4n) is 1.06. The van der Waals surface area contributed by atoms with Gasteiger partial charge < -0.3 is 9.84 Å². The second-order valence-electron chi connectivity index (χ2n) is 2.73. The van der Waals surface area contributed by atoms with Crippen LogP contribution in [0.15, 0.2) is 11.8 Å². The van der Waals surface area contributed by atoms with Gasteiger partial charge in [-0.3, -0.25) is 4.79 Å². The number of hydrogen-bond donors (Lipinski definition) is 1. The Morgan fingerprint density at radius 2 is 2.55 bits per heavy atom. The minimum absolute atomic E-state index is 0.393. The molecule has 0 aliphatic carbocycles. The van der Waals surface area contributed by atoms with E-state index in [-0.39, 0.29) is 0 Å². The van der Waals surface area contributed by atoms with Gasteiger partial charge in [0.2, 0.25) is 0 Å². The van der Waals surface area contributed by atoms with Gasteiger partial charge in [0.1, 0.15) is 0 Å². The number of hydrogen-bond acceptors (Lipinski definition) is 2. The molecule has 3 nitrogen and oxygen atoms in total. The van der Waals surface area contributed by atoms with Crippen molar-refractivity contribution in [1.82, 2.24) is 0 Å². The predicted molar refractivity (Wildman–Crippen MR) is 40.1 cm³/mol. The Morgan fingerprint density at radius 1 is 1.82 bits per heavy atom. The molecule has 1 N–H and O–H groups in total. The SMILES string of the molecule is CC(C(=O)O)C1=COCCC1. The molecule has 3 heteroatoms. The van der Waals surface area contributed by atoms with Gasteiger partial charge >= 0.3 is 5.97 Å². The molecule has 1 aliphatic rings. The van der Waals surface area contributed by atoms with Crippen molar-refractivity contribution in [2.45, 2.75) is 19.8 Å². The minimum atomic E-state index is -0.776. The lowest BCUT2D eigenvalue weighted by atomic mass is 9.97. The summed E-state index contributed by atoms with van der Waals surface area (Å²) in [7, 11) is 0. The molecule has 0 amide bonds. The van der Waals surface area contributed by atoms with E-state index in [2.05, 4.69) is 0 Å². The first-order valence-electron chi connectivity index (χ1n) is 3.75. The van der Waals surface area contributed by atoms with Crippen LogP contribution in [0.25, 0.3) is 0 Å². The van der Waals surface area contributed by atoms with E-state index in [0.29, 0.717) is 0 Å². The maximum Gasteiger partial charge on any atom is 0.310 e. The highest BCUT2D eigenvalue weighted by molar-refractivity contribution is 5.72. The highest BCUT2D eigenvalue weighted by Gasteiger charge is 2.18. The van der Waals surface area contributed by atoms with Crippen LogP contribution in [0.2, 0.25) is 0 Å². The van der Waals surface area contributed by atoms with Crippen LogP contribution in [0.4, 0.5) is 0 Å². The van der Waals surface area contributed by atoms with Crippen LogP contribution in [-0.4, -0.2) is 17.7 Å². The van der Waals surface area contributed by atoms with Crippen LogP contribution in [0.3, 0.4) is 0 Å². The van der Waals surface area contributed by atoms with Gasteiger partial charge in [0.15, 0.2) is 0 Å². The monoisotopic (exact) mass is 156 g/mol. The summed E-state index contributed by atoms with van der Waals surface area (Å²) in [5.74, 6) is -1.17. The van der Waals surface area contributed by atoms with E-state index < -0.39 is 11.9 Å². The standard InChI is InChI=1S/C8H12O3/c1-6(8(9)10)7-3-2-4-11-5-7/h5-6H,2-4H2,1H3,(H,9,10). The second-order valence-corrected chi connectivity index (χ2v) is 2.73. The van der Waals surface area contributed by atoms with Gasteiger partial charge in [-0.2, -0.15) is 0 Å². The number of carbonyl (C=O) groups is 1. The van der Waals surface area contributed by atoms with E-state index in [4.69, 9.17) is 9.84 Å². The zero-order chi connectivity index (χ0) is 8.27. The van der Waals surface area contributed by atoms with E-state index in [1.54, 1.807) is 13.2 Å². The fraction of sp³-hybridized carbons (Fsp3) is 0.625. The Balaban J connectivity index is 2.58. The molecule has 0 aromatic carbocycles. The second kappa shape index (κ2) is 3.42. The lowest BCUT2D eigenvalue weighted by molar-refractivity contribution is -0.140. The van der Waals surface area contributed by atoms with Crippen molar-refractivity contribution in [3.05, 3.63) is 11.8 Å². The lowest BCUT2D eigenvalue weighted by Gasteiger charge is -2.16. The lowest BCUT2D eigenvalue weighted by Crippen LogP contribution is -2.15. The fourth-order valence-corrected chi connectivity index (χ4v) is 1.06. The summed E-state index contributed by atoms with van der Waals surface area (Å²) in [5, 5.41) is 8.64. The predicted octanol–water partition coefficient (Wildman–Crippen LogP) is 1.40. The molecule has 1 rings (SSSR count). The van der Waals surface area contributed by atoms with Crippen molar-refractivity contribution in [1.29, 1.82) is 0 Å². The zero-order valence-electron chi connectivity index (χ0n) is 6.54. The van der Waals surface area contributed by atoms with Gasteiger partial charge in [-0.1, -0.05) is 0 Å². The van der Waals surface area contributed by atoms with E-state index in [1.165, 1.54) is 0 Å². The van der Waals surface area contributed by atoms with Crippen molar-refractivity contribution in [2.75, 3.05) is 6.61 Å². The Kier molecular flexibility index (Phi) is 2.52. The maximum atomic E-state index is 10.5. The molecule has 0 fully saturated rings. The molecule has 0 saturated heterocycles. The zero-order valence-corrected chi connectivity index (χ0v) is 6.54. The Bertz CT molecular complexity index is 184. The smallest absolute Gasteiger partial charge is 0.310 e. The van der Waals surface area contributed by atoms with E-state index >= 15 is 0 Å². The van der Waals surface area contributed by atoms with Crippen LogP contribution in [-0.2, 0) is 9.53 Å². The normalized spacial score (nSPS) is 19.9. The summed E-state index contributed by atoms with van der Waals surface area (Å²) in [6.07, 6.45) is 3.37. The summed E-state index contributed by atoms with van der Waals surface area (Å²) < 4.78 is 5.03. The quantitative estimate of drug-likeness (QED) is 0.657. The maximum absolute atomic E-state index is 10.5. The largest absolute Gasteiger partial charge is 0.501 e. The van der Waals surface area contributed by atoms with E-state index in [9.17, 15) is 4.79 Å². The average molecular weight is 156 g/mol. The molecule has 0 spiro atoms. The third-order valence-electron chi connectivity index (χ3n) is 1.89. The van der Waals surface area contributed by atoms with Crippen molar-refractivity contribution < 1.29 is 14.6 Å². The van der Waals surface area contributed by atoms with Crippen molar-refractivity contribution >= 4 is 5.97 Å². The van der Waals surface area contributed by atoms with Crippen LogP contribution < -0.4 is 0 Å². The first-order valence-corrected chi connectivity index (χ1v) is 3.75. The van der Waals surface area contributed by atoms with Crippen LogP contribution in [0, 0.1) is 5.92 Å². The summed E-state index contributed by atoms with van der Waals surface area (Å²) in [5.41, 5.74) is 0.892. The van der Waals surface area contributed by atoms with E-state index in [0.717, 1.165) is 25.0 Å². The van der Waals surface area contributed by atoms with Gasteiger partial charge in [-0.05, 0) is 25.3 Å². The first kappa shape index (κ1) is 8.11. The van der Waals surface area contributed by atoms with E-state index in [1.807, 2.05) is 0 Å². The molecular formula is C8H12O3. The van der Waals surface area contributed by atoms with Crippen LogP contribution in [0.5, 0.6) is 0 Å². The molecule has 1 unspecified atom stereocenters. The van der Waals surface area contributed by atoms with Gasteiger partial charge in [-0.15, -0.1) is 0 Å². The van der Waals surface area contributed by atoms with Gasteiger partial charge in [0.05, 0.1) is 18.8 Å². The van der Waals surface area contributed by atoms with Crippen molar-refractivity contribution in [3.8, 4) is 0 Å². The molecule has 1 aliphatic heterocycles. The topological polar surface area (TPSA) is 46.5 Å². The Morgan fingerprint density at radius 3 is 3.00 bits per heavy atom. The molecule has 0 radical (unpaired) electrons. The summed E-state index contributed by atoms with van der Waals surface area (Å²) in [4.78, 5) is 10.5. The third-order valence-corrected chi connectivity index (χ3v) is 1.89. The molecule has 1 heterocycles. The summed E-state index contributed by atoms with van der Waals surface area (Å²) in [6, 6.07) is 0. The Hall–Kier alpha value is -0.990. The highest BCUT2D eigenvalue weighted by Crippen LogP contribution is 2.20. The third kappa shape index (κ3) is 1.97. The molecule has 62 valence electrons. The molecule has 0 aromatic heterocycles. The minimum Gasteiger partial charge on any atom is -0.501 e. The number of aliphatic carboxylic acids is 1. The number of carboxylic acid groups (broad SMARTS) is 1.